The minimum atomic E-state index is -0.300. The number of carbonyl (C=O) groups excluding carboxylic acids is 1. The Morgan fingerprint density at radius 3 is 2.71 bits per heavy atom. The van der Waals surface area contributed by atoms with E-state index in [0.29, 0.717) is 22.1 Å². The molecule has 1 aromatic heterocycles. The van der Waals surface area contributed by atoms with Crippen molar-refractivity contribution in [3.63, 3.8) is 0 Å². The predicted molar refractivity (Wildman–Crippen MR) is 63.2 cm³/mol. The van der Waals surface area contributed by atoms with Crippen LogP contribution in [0.1, 0.15) is 21.6 Å². The van der Waals surface area contributed by atoms with Crippen LogP contribution in [0.2, 0.25) is 5.02 Å². The molecular weight excluding hydrogens is 242 g/mol. The molecule has 2 rings (SSSR count). The van der Waals surface area contributed by atoms with E-state index in [4.69, 9.17) is 11.6 Å². The first-order chi connectivity index (χ1) is 8.08. The van der Waals surface area contributed by atoms with Gasteiger partial charge in [-0.2, -0.15) is 0 Å². The maximum atomic E-state index is 11.8. The van der Waals surface area contributed by atoms with E-state index in [2.05, 4.69) is 20.3 Å². The zero-order valence-electron chi connectivity index (χ0n) is 9.32. The summed E-state index contributed by atoms with van der Waals surface area (Å²) in [6.45, 7) is 3.56. The Morgan fingerprint density at radius 1 is 1.35 bits per heavy atom. The van der Waals surface area contributed by atoms with Crippen LogP contribution in [-0.2, 0) is 0 Å². The van der Waals surface area contributed by atoms with E-state index in [1.54, 1.807) is 25.1 Å². The van der Waals surface area contributed by atoms with E-state index in [-0.39, 0.29) is 5.91 Å². The Labute approximate surface area is 103 Å². The third kappa shape index (κ3) is 2.45. The van der Waals surface area contributed by atoms with E-state index >= 15 is 0 Å². The van der Waals surface area contributed by atoms with Crippen molar-refractivity contribution in [3.8, 4) is 0 Å². The molecule has 17 heavy (non-hydrogen) atoms. The summed E-state index contributed by atoms with van der Waals surface area (Å²) in [7, 11) is 0. The summed E-state index contributed by atoms with van der Waals surface area (Å²) < 4.78 is 4.48. The van der Waals surface area contributed by atoms with Crippen LogP contribution in [0.15, 0.2) is 22.8 Å². The molecule has 0 saturated carbocycles. The van der Waals surface area contributed by atoms with Gasteiger partial charge in [0, 0.05) is 10.6 Å². The molecule has 5 nitrogen and oxygen atoms in total. The zero-order chi connectivity index (χ0) is 12.4. The lowest BCUT2D eigenvalue weighted by Crippen LogP contribution is -2.13. The number of halogens is 1. The lowest BCUT2D eigenvalue weighted by Gasteiger charge is -2.03. The van der Waals surface area contributed by atoms with Crippen molar-refractivity contribution >= 4 is 23.3 Å². The minimum Gasteiger partial charge on any atom is -0.302 e. The van der Waals surface area contributed by atoms with E-state index in [9.17, 15) is 4.79 Å². The summed E-state index contributed by atoms with van der Waals surface area (Å²) in [5, 5.41) is 10.3. The van der Waals surface area contributed by atoms with Crippen LogP contribution in [0.5, 0.6) is 0 Å². The van der Waals surface area contributed by atoms with Crippen molar-refractivity contribution in [1.82, 2.24) is 10.3 Å². The van der Waals surface area contributed by atoms with Gasteiger partial charge in [-0.05, 0) is 36.7 Å². The summed E-state index contributed by atoms with van der Waals surface area (Å²) in [4.78, 5) is 11.8. The number of nitrogens with one attached hydrogen (secondary N) is 1. The molecule has 0 unspecified atom stereocenters. The largest absolute Gasteiger partial charge is 0.302 e. The average Bonchev–Trinajstić information content (AvgIpc) is 2.68. The highest BCUT2D eigenvalue weighted by Crippen LogP contribution is 2.18. The fourth-order valence-electron chi connectivity index (χ4n) is 1.26. The molecule has 1 aromatic carbocycles. The molecule has 1 amide bonds. The van der Waals surface area contributed by atoms with Gasteiger partial charge in [0.1, 0.15) is 5.69 Å². The molecular formula is C11H10ClN3O2. The fourth-order valence-corrected chi connectivity index (χ4v) is 1.44. The number of hydrogen-bond donors (Lipinski definition) is 1. The average molecular weight is 252 g/mol. The van der Waals surface area contributed by atoms with Gasteiger partial charge in [0.15, 0.2) is 0 Å². The highest BCUT2D eigenvalue weighted by molar-refractivity contribution is 6.31. The molecule has 0 aliphatic rings. The lowest BCUT2D eigenvalue weighted by molar-refractivity contribution is 0.102. The molecule has 0 fully saturated rings. The number of hydrogen-bond acceptors (Lipinski definition) is 4. The van der Waals surface area contributed by atoms with Gasteiger partial charge in [0.2, 0.25) is 5.82 Å². The van der Waals surface area contributed by atoms with Crippen molar-refractivity contribution in [1.29, 1.82) is 0 Å². The Balaban J connectivity index is 2.20. The predicted octanol–water partition coefficient (Wildman–Crippen LogP) is 2.59. The number of benzene rings is 1. The van der Waals surface area contributed by atoms with Gasteiger partial charge in [-0.1, -0.05) is 22.8 Å². The van der Waals surface area contributed by atoms with E-state index in [1.165, 1.54) is 0 Å². The molecule has 0 atom stereocenters. The van der Waals surface area contributed by atoms with Gasteiger partial charge in [0.05, 0.1) is 0 Å². The van der Waals surface area contributed by atoms with Crippen LogP contribution in [0, 0.1) is 13.8 Å². The molecule has 0 aliphatic heterocycles. The standard InChI is InChI=1S/C11H10ClN3O2/c1-6-3-4-8(5-9(6)12)11(16)13-10-7(2)14-17-15-10/h3-5H,1-2H3,(H,13,15,16). The minimum absolute atomic E-state index is 0.300. The van der Waals surface area contributed by atoms with E-state index < -0.39 is 0 Å². The van der Waals surface area contributed by atoms with E-state index in [0.717, 1.165) is 5.56 Å². The first-order valence-corrected chi connectivity index (χ1v) is 5.32. The third-order valence-corrected chi connectivity index (χ3v) is 2.73. The Bertz CT molecular complexity index is 566. The summed E-state index contributed by atoms with van der Waals surface area (Å²) >= 11 is 5.94. The van der Waals surface area contributed by atoms with Gasteiger partial charge < -0.3 is 5.32 Å². The number of carbonyl (C=O) groups is 1. The smallest absolute Gasteiger partial charge is 0.257 e. The molecule has 88 valence electrons. The third-order valence-electron chi connectivity index (χ3n) is 2.32. The summed E-state index contributed by atoms with van der Waals surface area (Å²) in [5.41, 5.74) is 1.90. The van der Waals surface area contributed by atoms with Crippen molar-refractivity contribution < 1.29 is 9.42 Å². The van der Waals surface area contributed by atoms with E-state index in [1.807, 2.05) is 6.92 Å². The van der Waals surface area contributed by atoms with Gasteiger partial charge in [-0.25, -0.2) is 4.63 Å². The second kappa shape index (κ2) is 4.55. The summed E-state index contributed by atoms with van der Waals surface area (Å²) in [6, 6.07) is 5.08. The number of aryl methyl sites for hydroxylation is 2. The van der Waals surface area contributed by atoms with Crippen LogP contribution in [0.4, 0.5) is 5.82 Å². The Kier molecular flexibility index (Phi) is 3.10. The second-order valence-electron chi connectivity index (χ2n) is 3.62. The number of nitrogens with zero attached hydrogens (tertiary/aromatic N) is 2. The van der Waals surface area contributed by atoms with Gasteiger partial charge in [0.25, 0.3) is 5.91 Å². The van der Waals surface area contributed by atoms with Crippen molar-refractivity contribution in [2.45, 2.75) is 13.8 Å². The highest BCUT2D eigenvalue weighted by atomic mass is 35.5. The molecule has 1 heterocycles. The van der Waals surface area contributed by atoms with Crippen LogP contribution < -0.4 is 5.32 Å². The molecule has 0 radical (unpaired) electrons. The number of rotatable bonds is 2. The summed E-state index contributed by atoms with van der Waals surface area (Å²) in [5.74, 6) is 0.0115. The molecule has 1 N–H and O–H groups in total. The van der Waals surface area contributed by atoms with Gasteiger partial charge in [-0.3, -0.25) is 4.79 Å². The van der Waals surface area contributed by atoms with Crippen LogP contribution >= 0.6 is 11.6 Å². The molecule has 6 heteroatoms. The maximum absolute atomic E-state index is 11.8. The Hall–Kier alpha value is -1.88. The topological polar surface area (TPSA) is 68.0 Å². The first kappa shape index (κ1) is 11.6. The van der Waals surface area contributed by atoms with Crippen molar-refractivity contribution in [3.05, 3.63) is 40.0 Å². The SMILES string of the molecule is Cc1ccc(C(=O)Nc2nonc2C)cc1Cl. The lowest BCUT2D eigenvalue weighted by atomic mass is 10.1. The second-order valence-corrected chi connectivity index (χ2v) is 4.02. The monoisotopic (exact) mass is 251 g/mol. The number of aromatic nitrogens is 2. The quantitative estimate of drug-likeness (QED) is 0.891. The summed E-state index contributed by atoms with van der Waals surface area (Å²) in [6.07, 6.45) is 0. The van der Waals surface area contributed by atoms with Crippen molar-refractivity contribution in [2.24, 2.45) is 0 Å². The molecule has 0 bridgehead atoms. The first-order valence-electron chi connectivity index (χ1n) is 4.94. The Morgan fingerprint density at radius 2 is 2.12 bits per heavy atom. The number of anilines is 1. The normalized spacial score (nSPS) is 10.3. The highest BCUT2D eigenvalue weighted by Gasteiger charge is 2.12. The van der Waals surface area contributed by atoms with Crippen LogP contribution in [-0.4, -0.2) is 16.2 Å². The number of amides is 1. The maximum Gasteiger partial charge on any atom is 0.257 e. The zero-order valence-corrected chi connectivity index (χ0v) is 10.1. The molecule has 2 aromatic rings. The molecule has 0 spiro atoms. The van der Waals surface area contributed by atoms with Crippen LogP contribution in [0.3, 0.4) is 0 Å². The molecule has 0 saturated heterocycles. The van der Waals surface area contributed by atoms with Crippen LogP contribution in [0.25, 0.3) is 0 Å². The van der Waals surface area contributed by atoms with Crippen molar-refractivity contribution in [2.75, 3.05) is 5.32 Å². The van der Waals surface area contributed by atoms with Gasteiger partial charge in [-0.15, -0.1) is 0 Å². The van der Waals surface area contributed by atoms with Gasteiger partial charge >= 0.3 is 0 Å². The fraction of sp³-hybridized carbons (Fsp3) is 0.182. The molecule has 0 aliphatic carbocycles.